The van der Waals surface area contributed by atoms with Crippen LogP contribution in [0.1, 0.15) is 45.8 Å². The molecule has 5 nitrogen and oxygen atoms in total. The van der Waals surface area contributed by atoms with Gasteiger partial charge in [0.2, 0.25) is 0 Å². The fourth-order valence-electron chi connectivity index (χ4n) is 1.87. The van der Waals surface area contributed by atoms with E-state index in [1.807, 2.05) is 13.0 Å². The molecule has 1 aliphatic carbocycles. The Balaban J connectivity index is 0.000000771. The van der Waals surface area contributed by atoms with Crippen molar-refractivity contribution in [2.24, 2.45) is 0 Å². The summed E-state index contributed by atoms with van der Waals surface area (Å²) in [5.41, 5.74) is 3.05. The van der Waals surface area contributed by atoms with E-state index < -0.39 is 0 Å². The van der Waals surface area contributed by atoms with Crippen molar-refractivity contribution >= 4 is 5.97 Å². The molecule has 0 aromatic heterocycles. The summed E-state index contributed by atoms with van der Waals surface area (Å²) in [5.74, 6) is 0.124. The van der Waals surface area contributed by atoms with Crippen LogP contribution in [-0.4, -0.2) is 13.1 Å². The standard InChI is InChI=1S/C13H13NO2.N2/c1-8-5-11(9-3-4-9)12(13(15)16-2)6-10(8)7-14;1-2/h5-6,9H,3-4H2,1-2H3;. The number of benzene rings is 1. The SMILES string of the molecule is COC(=O)c1cc(C#N)c(C)cc1C1CC1.N#N. The van der Waals surface area contributed by atoms with Gasteiger partial charge in [0.25, 0.3) is 0 Å². The molecule has 0 atom stereocenters. The Labute approximate surface area is 105 Å². The quantitative estimate of drug-likeness (QED) is 0.587. The molecule has 0 saturated heterocycles. The van der Waals surface area contributed by atoms with Crippen LogP contribution in [0.15, 0.2) is 12.1 Å². The van der Waals surface area contributed by atoms with Crippen LogP contribution in [0.4, 0.5) is 0 Å². The van der Waals surface area contributed by atoms with E-state index in [0.29, 0.717) is 17.0 Å². The molecule has 1 aromatic rings. The molecule has 0 spiro atoms. The summed E-state index contributed by atoms with van der Waals surface area (Å²) in [7, 11) is 1.37. The van der Waals surface area contributed by atoms with Crippen molar-refractivity contribution in [2.75, 3.05) is 7.11 Å². The highest BCUT2D eigenvalue weighted by Gasteiger charge is 2.29. The number of carbonyl (C=O) groups is 1. The molecule has 0 unspecified atom stereocenters. The van der Waals surface area contributed by atoms with E-state index in [9.17, 15) is 4.79 Å². The Morgan fingerprint density at radius 1 is 1.39 bits per heavy atom. The molecule has 0 heterocycles. The van der Waals surface area contributed by atoms with Gasteiger partial charge in [0.05, 0.1) is 24.3 Å². The number of hydrogen-bond acceptors (Lipinski definition) is 5. The third-order valence-corrected chi connectivity index (χ3v) is 2.94. The van der Waals surface area contributed by atoms with E-state index in [1.54, 1.807) is 6.07 Å². The van der Waals surface area contributed by atoms with Crippen molar-refractivity contribution in [1.82, 2.24) is 0 Å². The largest absolute Gasteiger partial charge is 0.465 e. The van der Waals surface area contributed by atoms with Gasteiger partial charge < -0.3 is 4.74 Å². The second-order valence-corrected chi connectivity index (χ2v) is 4.13. The maximum atomic E-state index is 11.6. The number of aryl methyl sites for hydroxylation is 1. The maximum Gasteiger partial charge on any atom is 0.338 e. The third kappa shape index (κ3) is 2.64. The van der Waals surface area contributed by atoms with Crippen LogP contribution in [-0.2, 0) is 4.74 Å². The Bertz CT molecular complexity index is 525. The van der Waals surface area contributed by atoms with E-state index in [4.69, 9.17) is 20.8 Å². The fourth-order valence-corrected chi connectivity index (χ4v) is 1.87. The number of ether oxygens (including phenoxy) is 1. The van der Waals surface area contributed by atoms with Crippen LogP contribution in [0.5, 0.6) is 0 Å². The smallest absolute Gasteiger partial charge is 0.338 e. The van der Waals surface area contributed by atoms with E-state index >= 15 is 0 Å². The zero-order valence-electron chi connectivity index (χ0n) is 10.3. The Kier molecular flexibility index (Phi) is 4.39. The molecule has 18 heavy (non-hydrogen) atoms. The van der Waals surface area contributed by atoms with Gasteiger partial charge in [0.15, 0.2) is 0 Å². The van der Waals surface area contributed by atoms with Crippen molar-refractivity contribution in [2.45, 2.75) is 25.7 Å². The molecule has 1 saturated carbocycles. The predicted octanol–water partition coefficient (Wildman–Crippen LogP) is 2.56. The lowest BCUT2D eigenvalue weighted by molar-refractivity contribution is 0.0599. The lowest BCUT2D eigenvalue weighted by Crippen LogP contribution is -2.06. The highest BCUT2D eigenvalue weighted by atomic mass is 16.5. The minimum atomic E-state index is -0.349. The lowest BCUT2D eigenvalue weighted by Gasteiger charge is -2.09. The topological polar surface area (TPSA) is 97.7 Å². The first kappa shape index (κ1) is 13.7. The summed E-state index contributed by atoms with van der Waals surface area (Å²) in [6.07, 6.45) is 2.24. The van der Waals surface area contributed by atoms with Gasteiger partial charge in [-0.2, -0.15) is 5.26 Å². The highest BCUT2D eigenvalue weighted by molar-refractivity contribution is 5.92. The van der Waals surface area contributed by atoms with Crippen LogP contribution in [0, 0.1) is 29.0 Å². The minimum absolute atomic E-state index is 0.349. The molecule has 92 valence electrons. The van der Waals surface area contributed by atoms with Crippen LogP contribution < -0.4 is 0 Å². The van der Waals surface area contributed by atoms with Gasteiger partial charge in [0, 0.05) is 10.8 Å². The number of nitrogens with zero attached hydrogens (tertiary/aromatic N) is 3. The van der Waals surface area contributed by atoms with Crippen molar-refractivity contribution < 1.29 is 9.53 Å². The molecule has 5 heteroatoms. The summed E-state index contributed by atoms with van der Waals surface area (Å²) in [6.45, 7) is 1.89. The van der Waals surface area contributed by atoms with Crippen LogP contribution in [0.3, 0.4) is 0 Å². The Morgan fingerprint density at radius 3 is 2.44 bits per heavy atom. The van der Waals surface area contributed by atoms with Gasteiger partial charge >= 0.3 is 5.97 Å². The minimum Gasteiger partial charge on any atom is -0.465 e. The zero-order valence-corrected chi connectivity index (χ0v) is 10.3. The molecule has 0 aliphatic heterocycles. The number of methoxy groups -OCH3 is 1. The molecule has 1 aliphatic rings. The van der Waals surface area contributed by atoms with E-state index in [1.165, 1.54) is 7.11 Å². The monoisotopic (exact) mass is 243 g/mol. The van der Waals surface area contributed by atoms with Crippen molar-refractivity contribution in [3.63, 3.8) is 0 Å². The van der Waals surface area contributed by atoms with Gasteiger partial charge in [0.1, 0.15) is 0 Å². The Morgan fingerprint density at radius 2 is 2.00 bits per heavy atom. The summed E-state index contributed by atoms with van der Waals surface area (Å²) in [4.78, 5) is 11.6. The summed E-state index contributed by atoms with van der Waals surface area (Å²) in [6, 6.07) is 5.69. The molecule has 1 aromatic carbocycles. The first-order valence-electron chi connectivity index (χ1n) is 5.50. The van der Waals surface area contributed by atoms with Crippen LogP contribution in [0.2, 0.25) is 0 Å². The third-order valence-electron chi connectivity index (χ3n) is 2.94. The maximum absolute atomic E-state index is 11.6. The van der Waals surface area contributed by atoms with Gasteiger partial charge in [-0.3, -0.25) is 0 Å². The molecular formula is C13H13N3O2. The number of rotatable bonds is 2. The van der Waals surface area contributed by atoms with Gasteiger partial charge in [-0.15, -0.1) is 0 Å². The van der Waals surface area contributed by atoms with E-state index in [-0.39, 0.29) is 5.97 Å². The zero-order chi connectivity index (χ0) is 13.7. The summed E-state index contributed by atoms with van der Waals surface area (Å²) in [5, 5.41) is 20.9. The number of nitriles is 1. The van der Waals surface area contributed by atoms with Gasteiger partial charge in [-0.1, -0.05) is 6.07 Å². The Hall–Kier alpha value is -2.40. The molecule has 0 bridgehead atoms. The molecule has 2 rings (SSSR count). The molecule has 1 fully saturated rings. The average Bonchev–Trinajstić information content (AvgIpc) is 3.24. The van der Waals surface area contributed by atoms with Crippen LogP contribution >= 0.6 is 0 Å². The number of hydrogen-bond donors (Lipinski definition) is 0. The normalized spacial score (nSPS) is 12.8. The van der Waals surface area contributed by atoms with Crippen molar-refractivity contribution in [1.29, 1.82) is 16.0 Å². The first-order valence-corrected chi connectivity index (χ1v) is 5.50. The molecule has 0 N–H and O–H groups in total. The summed E-state index contributed by atoms with van der Waals surface area (Å²) < 4.78 is 4.75. The van der Waals surface area contributed by atoms with Crippen molar-refractivity contribution in [3.05, 3.63) is 34.4 Å². The number of esters is 1. The van der Waals surface area contributed by atoms with Gasteiger partial charge in [-0.05, 0) is 42.9 Å². The number of carbonyl (C=O) groups excluding carboxylic acids is 1. The molecule has 0 radical (unpaired) electrons. The van der Waals surface area contributed by atoms with E-state index in [2.05, 4.69) is 6.07 Å². The second kappa shape index (κ2) is 5.79. The molecular weight excluding hydrogens is 230 g/mol. The lowest BCUT2D eigenvalue weighted by atomic mass is 9.97. The predicted molar refractivity (Wildman–Crippen MR) is 62.7 cm³/mol. The highest BCUT2D eigenvalue weighted by Crippen LogP contribution is 2.42. The van der Waals surface area contributed by atoms with Crippen molar-refractivity contribution in [3.8, 4) is 6.07 Å². The average molecular weight is 243 g/mol. The van der Waals surface area contributed by atoms with E-state index in [0.717, 1.165) is 24.0 Å². The van der Waals surface area contributed by atoms with Gasteiger partial charge in [-0.25, -0.2) is 4.79 Å². The summed E-state index contributed by atoms with van der Waals surface area (Å²) >= 11 is 0. The molecule has 0 amide bonds. The fraction of sp³-hybridized carbons (Fsp3) is 0.385. The second-order valence-electron chi connectivity index (χ2n) is 4.13. The first-order chi connectivity index (χ1) is 8.67. The van der Waals surface area contributed by atoms with Crippen LogP contribution in [0.25, 0.3) is 0 Å².